The minimum Gasteiger partial charge on any atom is -0.494 e. The Hall–Kier alpha value is -3.73. The van der Waals surface area contributed by atoms with Gasteiger partial charge in [-0.25, -0.2) is 4.79 Å². The van der Waals surface area contributed by atoms with Crippen molar-refractivity contribution in [3.05, 3.63) is 64.3 Å². The summed E-state index contributed by atoms with van der Waals surface area (Å²) in [6.07, 6.45) is 3.76. The first kappa shape index (κ1) is 32.7. The molecule has 0 radical (unpaired) electrons. The van der Waals surface area contributed by atoms with E-state index < -0.39 is 11.6 Å². The number of halogens is 2. The fraction of sp³-hybridized carbons (Fsp3) is 0.424. The first-order valence-corrected chi connectivity index (χ1v) is 16.1. The number of likely N-dealkylation sites (tertiary alicyclic amines) is 2. The minimum absolute atomic E-state index is 0.123. The number of primary amides is 1. The normalized spacial score (nSPS) is 16.7. The zero-order chi connectivity index (χ0) is 32.1. The highest BCUT2D eigenvalue weighted by Gasteiger charge is 2.46. The zero-order valence-corrected chi connectivity index (χ0v) is 26.9. The Morgan fingerprint density at radius 3 is 2.27 bits per heavy atom. The molecule has 0 atom stereocenters. The summed E-state index contributed by atoms with van der Waals surface area (Å²) >= 11 is 12.9. The molecule has 0 unspecified atom stereocenters. The van der Waals surface area contributed by atoms with Crippen molar-refractivity contribution >= 4 is 41.1 Å². The fourth-order valence-electron chi connectivity index (χ4n) is 6.52. The highest BCUT2D eigenvalue weighted by Crippen LogP contribution is 2.40. The molecule has 0 saturated carbocycles. The van der Waals surface area contributed by atoms with Gasteiger partial charge in [-0.05, 0) is 93.2 Å². The highest BCUT2D eigenvalue weighted by atomic mass is 35.5. The number of nitrogens with two attached hydrogens (primary N) is 1. The highest BCUT2D eigenvalue weighted by molar-refractivity contribution is 6.36. The van der Waals surface area contributed by atoms with Crippen LogP contribution in [0.3, 0.4) is 0 Å². The van der Waals surface area contributed by atoms with Gasteiger partial charge in [-0.2, -0.15) is 0 Å². The van der Waals surface area contributed by atoms with Crippen LogP contribution in [-0.2, 0) is 11.8 Å². The molecule has 3 aromatic rings. The smallest absolute Gasteiger partial charge is 0.404 e. The third kappa shape index (κ3) is 7.08. The number of nitrogens with zero attached hydrogens (tertiary/aromatic N) is 3. The second-order valence-corrected chi connectivity index (χ2v) is 12.5. The number of nitrogens with one attached hydrogen (secondary N) is 1. The molecular weight excluding hydrogens is 617 g/mol. The second-order valence-electron chi connectivity index (χ2n) is 11.7. The van der Waals surface area contributed by atoms with Crippen molar-refractivity contribution < 1.29 is 24.2 Å². The van der Waals surface area contributed by atoms with E-state index >= 15 is 0 Å². The van der Waals surface area contributed by atoms with Gasteiger partial charge in [-0.3, -0.25) is 14.5 Å². The van der Waals surface area contributed by atoms with Crippen LogP contribution in [0.1, 0.15) is 49.0 Å². The number of benzene rings is 2. The number of hydrogen-bond donors (Lipinski definition) is 3. The summed E-state index contributed by atoms with van der Waals surface area (Å²) in [5, 5.41) is 12.0. The molecule has 2 aliphatic heterocycles. The molecule has 0 aliphatic carbocycles. The van der Waals surface area contributed by atoms with Gasteiger partial charge in [0.1, 0.15) is 17.0 Å². The van der Waals surface area contributed by atoms with Crippen LogP contribution in [0.4, 0.5) is 4.79 Å². The molecular formula is C33H39Cl2N5O5. The van der Waals surface area contributed by atoms with Crippen molar-refractivity contribution in [2.24, 2.45) is 12.8 Å². The first-order valence-electron chi connectivity index (χ1n) is 15.3. The quantitative estimate of drug-likeness (QED) is 0.242. The van der Waals surface area contributed by atoms with Crippen LogP contribution in [0.2, 0.25) is 10.0 Å². The van der Waals surface area contributed by atoms with Crippen molar-refractivity contribution in [1.82, 2.24) is 19.7 Å². The van der Waals surface area contributed by atoms with Crippen molar-refractivity contribution in [1.29, 1.82) is 0 Å². The van der Waals surface area contributed by atoms with Gasteiger partial charge in [0.15, 0.2) is 0 Å². The van der Waals surface area contributed by atoms with Crippen LogP contribution in [0, 0.1) is 0 Å². The summed E-state index contributed by atoms with van der Waals surface area (Å²) in [6, 6.07) is 14.7. The average molecular weight is 657 g/mol. The molecule has 4 N–H and O–H groups in total. The van der Waals surface area contributed by atoms with Gasteiger partial charge in [-0.1, -0.05) is 35.7 Å². The predicted molar refractivity (Wildman–Crippen MR) is 175 cm³/mol. The maximum absolute atomic E-state index is 14.1. The number of ether oxygens (including phenoxy) is 1. The van der Waals surface area contributed by atoms with Gasteiger partial charge in [0, 0.05) is 47.9 Å². The maximum atomic E-state index is 14.1. The monoisotopic (exact) mass is 655 g/mol. The molecule has 10 nitrogen and oxygen atoms in total. The van der Waals surface area contributed by atoms with Crippen LogP contribution in [0.25, 0.3) is 22.4 Å². The molecule has 5 rings (SSSR count). The number of rotatable bonds is 10. The fourth-order valence-corrected chi connectivity index (χ4v) is 7.03. The van der Waals surface area contributed by atoms with Gasteiger partial charge in [-0.15, -0.1) is 0 Å². The summed E-state index contributed by atoms with van der Waals surface area (Å²) in [5.41, 5.74) is 8.96. The van der Waals surface area contributed by atoms with Crippen molar-refractivity contribution in [3.63, 3.8) is 0 Å². The number of piperidine rings is 2. The van der Waals surface area contributed by atoms with E-state index in [2.05, 4.69) is 10.2 Å². The molecule has 1 aromatic heterocycles. The predicted octanol–water partition coefficient (Wildman–Crippen LogP) is 5.65. The molecule has 0 spiro atoms. The molecule has 45 heavy (non-hydrogen) atoms. The molecule has 3 amide bonds. The molecule has 12 heteroatoms. The number of amides is 3. The number of hydrogen-bond acceptors (Lipinski definition) is 5. The van der Waals surface area contributed by atoms with Crippen molar-refractivity contribution in [3.8, 4) is 28.1 Å². The van der Waals surface area contributed by atoms with Crippen LogP contribution < -0.4 is 15.8 Å². The van der Waals surface area contributed by atoms with Gasteiger partial charge in [0.25, 0.3) is 5.91 Å². The minimum atomic E-state index is -1.06. The summed E-state index contributed by atoms with van der Waals surface area (Å²) in [4.78, 5) is 41.5. The Morgan fingerprint density at radius 1 is 0.956 bits per heavy atom. The zero-order valence-electron chi connectivity index (χ0n) is 25.4. The molecule has 2 saturated heterocycles. The van der Waals surface area contributed by atoms with Crippen LogP contribution in [-0.4, -0.2) is 82.3 Å². The van der Waals surface area contributed by atoms with E-state index in [-0.39, 0.29) is 11.8 Å². The number of aromatic nitrogens is 1. The molecule has 2 aromatic carbocycles. The Morgan fingerprint density at radius 2 is 1.64 bits per heavy atom. The van der Waals surface area contributed by atoms with Gasteiger partial charge in [0.05, 0.1) is 12.3 Å². The summed E-state index contributed by atoms with van der Waals surface area (Å²) in [6.45, 7) is 3.24. The van der Waals surface area contributed by atoms with E-state index in [1.54, 1.807) is 12.1 Å². The lowest BCUT2D eigenvalue weighted by Crippen LogP contribution is -2.63. The Kier molecular flexibility index (Phi) is 10.3. The molecule has 240 valence electrons. The summed E-state index contributed by atoms with van der Waals surface area (Å²) in [5.74, 6) is 0.217. The number of carbonyl (C=O) groups is 3. The topological polar surface area (TPSA) is 130 Å². The number of carboxylic acid groups (broad SMARTS) is 1. The van der Waals surface area contributed by atoms with Gasteiger partial charge >= 0.3 is 6.09 Å². The average Bonchev–Trinajstić information content (AvgIpc) is 3.37. The lowest BCUT2D eigenvalue weighted by molar-refractivity contribution is -0.134. The van der Waals surface area contributed by atoms with E-state index in [0.29, 0.717) is 67.0 Å². The largest absolute Gasteiger partial charge is 0.494 e. The molecule has 2 aliphatic rings. The van der Waals surface area contributed by atoms with E-state index in [4.69, 9.17) is 38.8 Å². The van der Waals surface area contributed by atoms with Crippen LogP contribution in [0.15, 0.2) is 48.5 Å². The lowest BCUT2D eigenvalue weighted by atomic mass is 9.83. The molecule has 0 bridgehead atoms. The number of carbonyl (C=O) groups excluding carboxylic acids is 2. The van der Waals surface area contributed by atoms with E-state index in [1.165, 1.54) is 0 Å². The van der Waals surface area contributed by atoms with Crippen LogP contribution >= 0.6 is 23.2 Å². The first-order chi connectivity index (χ1) is 21.6. The summed E-state index contributed by atoms with van der Waals surface area (Å²) < 4.78 is 7.67. The maximum Gasteiger partial charge on any atom is 0.404 e. The van der Waals surface area contributed by atoms with E-state index in [0.717, 1.165) is 54.7 Å². The molecule has 3 heterocycles. The SMILES string of the molecule is Cn1c(C(=O)N2CCC(C(N)=O)(N3CCCCC3)CC2)cc(-c2ccc(Cl)cc2Cl)c1-c1ccc(OCCCNC(=O)O)cc1. The van der Waals surface area contributed by atoms with Crippen LogP contribution in [0.5, 0.6) is 5.75 Å². The third-order valence-corrected chi connectivity index (χ3v) is 9.51. The second kappa shape index (κ2) is 14.1. The van der Waals surface area contributed by atoms with E-state index in [1.807, 2.05) is 52.9 Å². The Balaban J connectivity index is 1.40. The van der Waals surface area contributed by atoms with Gasteiger partial charge < -0.3 is 30.4 Å². The molecule has 2 fully saturated rings. The van der Waals surface area contributed by atoms with E-state index in [9.17, 15) is 14.4 Å². The van der Waals surface area contributed by atoms with Crippen molar-refractivity contribution in [2.45, 2.75) is 44.1 Å². The lowest BCUT2D eigenvalue weighted by Gasteiger charge is -2.48. The van der Waals surface area contributed by atoms with Gasteiger partial charge in [0.2, 0.25) is 5.91 Å². The standard InChI is InChI=1S/C33H39Cl2N5O5/c1-38-28(30(41)39-17-12-33(13-18-39,31(36)42)40-15-3-2-4-16-40)21-26(25-11-8-23(34)20-27(25)35)29(38)22-6-9-24(10-7-22)45-19-5-14-37-32(43)44/h6-11,20-21,37H,2-5,12-19H2,1H3,(H2,36,42)(H,43,44). The Bertz CT molecular complexity index is 1540. The Labute approximate surface area is 273 Å². The third-order valence-electron chi connectivity index (χ3n) is 8.97. The summed E-state index contributed by atoms with van der Waals surface area (Å²) in [7, 11) is 1.86. The van der Waals surface area contributed by atoms with Crippen molar-refractivity contribution in [2.75, 3.05) is 39.3 Å².